The maximum atomic E-state index is 12.9. The van der Waals surface area contributed by atoms with E-state index in [1.165, 1.54) is 110 Å². The number of Topliss-reactive ketones (excluding diaryl/α,β-unsaturated/α-hetero) is 5. The monoisotopic (exact) mass is 2350 g/mol. The summed E-state index contributed by atoms with van der Waals surface area (Å²) in [5.41, 5.74) is 37.3. The molecule has 0 heterocycles. The standard InChI is InChI=1S/C22H36N2O.C21H33NO.C21H29NO.2C20H29BrO.C11H19ClO.C8H10BrN.C2H8N2.CN.CH4.2ClH.Na.Ni/c1-16(2)19-12-11-17(3)15-20(19)22(25)10-6-8-18-7-4-5-9-21(18)24-14-13-23;2*1-15(2)19-12-11-16(3)13-20(19)21(23)10-6-9-17-7-4-5-8-18(17)14-22;2*1-14(2)17-12-11-15(3)13-18(17)20(22)10-6-8-16-7-4-5-9-19(16)21;1-7(2)9-5-4-8(3)6-10(9)11(12)13;9-8-4-2-1-3-7(8)5-6-10;3-1-2-4;1-2;;;;;/h4-5,7,9,16-17,19-20,24H,6,8,10-15,23H2,1-3H3;4-5,7-8,15-16,19-20H,6,9-14,22H2,1-3H3;4-5,7-8,15-16,19-20H,6,9-13H2,1-3H3;2*4-5,7,9,14-15,17-18H,6,8,10-13H2,1-3H3;7-10H,4-6H2,1-3H3;1-4H,5-6,10H2;1-4H2;;1H4;2*1H;;/q;;;;;;;;-1;;;;+1;+2/p-2/t17-,19+,20-;2*16-,19+,20-;2*15-,17+,18-;8-,9+,10-;;;;;;;;/m111111......../s1. The fraction of sp³-hybridized carbons (Fsp3) is 0.654. The molecule has 0 amide bonds. The Morgan fingerprint density at radius 1 is 0.342 bits per heavy atom. The third kappa shape index (κ3) is 54.7. The van der Waals surface area contributed by atoms with E-state index in [9.17, 15) is 28.8 Å². The Labute approximate surface area is 973 Å². The average molecular weight is 2360 g/mol. The van der Waals surface area contributed by atoms with E-state index in [-0.39, 0.29) is 60.0 Å². The first-order valence-electron chi connectivity index (χ1n) is 56.2. The maximum Gasteiger partial charge on any atom is 1.00 e. The van der Waals surface area contributed by atoms with E-state index in [2.05, 4.69) is 263 Å². The van der Waals surface area contributed by atoms with Crippen molar-refractivity contribution in [3.8, 4) is 6.07 Å². The number of hydrogen-bond acceptors (Lipinski definition) is 14. The van der Waals surface area contributed by atoms with E-state index in [1.807, 2.05) is 66.7 Å². The molecule has 834 valence electrons. The molecule has 6 saturated carbocycles. The minimum Gasteiger partial charge on any atom is 1.00 e. The predicted octanol–water partition coefficient (Wildman–Crippen LogP) is 30.1. The Hall–Kier alpha value is -4.28. The average Bonchev–Trinajstić information content (AvgIpc) is 0.888. The Balaban J connectivity index is 0.000000865. The molecule has 0 saturated heterocycles. The second-order valence-corrected chi connectivity index (χ2v) is 50.1. The predicted molar refractivity (Wildman–Crippen MR) is 636 cm³/mol. The Kier molecular flexibility index (Phi) is 78.7. The van der Waals surface area contributed by atoms with Gasteiger partial charge in [-0.1, -0.05) is 334 Å². The van der Waals surface area contributed by atoms with Crippen LogP contribution in [0.15, 0.2) is 159 Å². The zero-order valence-electron chi connectivity index (χ0n) is 94.3. The molecule has 0 spiro atoms. The number of rotatable bonds is 39. The van der Waals surface area contributed by atoms with Crippen molar-refractivity contribution in [2.75, 3.05) is 38.0 Å². The summed E-state index contributed by atoms with van der Waals surface area (Å²) in [6, 6.07) is 51.5. The number of halogens is 6. The van der Waals surface area contributed by atoms with Gasteiger partial charge >= 0.3 is 62.6 Å². The van der Waals surface area contributed by atoms with Gasteiger partial charge in [0.2, 0.25) is 5.24 Å². The zero-order valence-corrected chi connectivity index (χ0v) is 104. The molecule has 6 aromatic rings. The van der Waals surface area contributed by atoms with E-state index in [1.54, 1.807) is 0 Å². The van der Waals surface area contributed by atoms with Crippen LogP contribution in [0.4, 0.5) is 5.69 Å². The fourth-order valence-corrected chi connectivity index (χ4v) is 25.4. The van der Waals surface area contributed by atoms with Gasteiger partial charge < -0.3 is 45.8 Å². The summed E-state index contributed by atoms with van der Waals surface area (Å²) in [7, 11) is 9.40. The van der Waals surface area contributed by atoms with Crippen LogP contribution in [-0.2, 0) is 86.5 Å². The van der Waals surface area contributed by atoms with Crippen LogP contribution < -0.4 is 63.5 Å². The van der Waals surface area contributed by atoms with Crippen LogP contribution in [0.5, 0.6) is 0 Å². The van der Waals surface area contributed by atoms with Crippen LogP contribution in [0.2, 0.25) is 0 Å². The van der Waals surface area contributed by atoms with Gasteiger partial charge in [0.25, 0.3) is 0 Å². The second-order valence-electron chi connectivity index (χ2n) is 45.5. The molecule has 6 aliphatic rings. The molecule has 12 rings (SSSR count). The molecule has 0 aliphatic heterocycles. The number of carbonyl (C=O) groups excluding carboxylic acids is 6. The molecule has 0 aromatic heterocycles. The molecule has 0 unspecified atom stereocenters. The molecule has 6 fully saturated rings. The zero-order chi connectivity index (χ0) is 110. The van der Waals surface area contributed by atoms with Crippen molar-refractivity contribution in [2.24, 2.45) is 171 Å². The largest absolute Gasteiger partial charge is 1.00 e. The van der Waals surface area contributed by atoms with Crippen LogP contribution in [0.25, 0.3) is 0 Å². The van der Waals surface area contributed by atoms with Crippen LogP contribution in [0.1, 0.15) is 356 Å². The molecule has 22 heteroatoms. The number of nitrogens with zero attached hydrogens (tertiary/aromatic N) is 2. The molecule has 14 nitrogen and oxygen atoms in total. The van der Waals surface area contributed by atoms with Gasteiger partial charge in [-0.05, 0) is 342 Å². The van der Waals surface area contributed by atoms with Crippen molar-refractivity contribution < 1.29 is 71.0 Å². The van der Waals surface area contributed by atoms with Gasteiger partial charge in [-0.2, -0.15) is 5.26 Å². The topological polar surface area (TPSA) is 292 Å². The number of carbonyl (C=O) groups is 6. The first-order valence-corrected chi connectivity index (χ1v) is 61.7. The van der Waals surface area contributed by atoms with Crippen molar-refractivity contribution in [1.82, 2.24) is 0 Å². The van der Waals surface area contributed by atoms with Crippen molar-refractivity contribution in [3.63, 3.8) is 0 Å². The number of ketones is 5. The number of nitrogens with one attached hydrogen (secondary N) is 1. The number of nitrogens with two attached hydrogens (primary N) is 5. The quantitative estimate of drug-likeness (QED) is 0.0119. The van der Waals surface area contributed by atoms with E-state index < -0.39 is 0 Å². The summed E-state index contributed by atoms with van der Waals surface area (Å²) in [4.78, 5) is 75.1. The summed E-state index contributed by atoms with van der Waals surface area (Å²) >= 11 is 16.8. The minimum absolute atomic E-state index is 0. The third-order valence-corrected chi connectivity index (χ3v) is 34.8. The molecule has 0 bridgehead atoms. The van der Waals surface area contributed by atoms with E-state index in [0.717, 1.165) is 165 Å². The number of benzene rings is 6. The number of para-hydroxylation sites is 1. The fourth-order valence-electron chi connectivity index (χ4n) is 23.7. The van der Waals surface area contributed by atoms with Crippen LogP contribution in [0.3, 0.4) is 0 Å². The normalized spacial score (nSPS) is 23.1. The van der Waals surface area contributed by atoms with Crippen LogP contribution in [-0.4, -0.2) is 66.9 Å². The summed E-state index contributed by atoms with van der Waals surface area (Å²) < 4.78 is 3.48. The maximum absolute atomic E-state index is 12.9. The smallest absolute Gasteiger partial charge is 1.00 e. The third-order valence-electron chi connectivity index (χ3n) is 32.2. The van der Waals surface area contributed by atoms with Gasteiger partial charge in [-0.15, -0.1) is 0 Å². The van der Waals surface area contributed by atoms with E-state index >= 15 is 0 Å². The van der Waals surface area contributed by atoms with Crippen molar-refractivity contribution >= 4 is 120 Å². The first kappa shape index (κ1) is 143. The Morgan fingerprint density at radius 2 is 0.570 bits per heavy atom. The molecule has 6 aromatic carbocycles. The molecular formula is C127H197Br3Cl3N8NaNiO6. The number of anilines is 1. The van der Waals surface area contributed by atoms with Crippen molar-refractivity contribution in [3.05, 3.63) is 210 Å². The van der Waals surface area contributed by atoms with Gasteiger partial charge in [0.15, 0.2) is 0 Å². The second kappa shape index (κ2) is 82.2. The van der Waals surface area contributed by atoms with Crippen molar-refractivity contribution in [1.29, 1.82) is 10.5 Å². The van der Waals surface area contributed by atoms with Crippen LogP contribution >= 0.6 is 79.8 Å². The number of nitriles is 1. The van der Waals surface area contributed by atoms with Gasteiger partial charge in [0, 0.05) is 119 Å². The van der Waals surface area contributed by atoms with E-state index in [0.29, 0.717) is 211 Å². The molecule has 0 radical (unpaired) electrons. The van der Waals surface area contributed by atoms with Crippen LogP contribution in [0, 0.1) is 165 Å². The molecule has 11 N–H and O–H groups in total. The first-order chi connectivity index (χ1) is 70.2. The van der Waals surface area contributed by atoms with Gasteiger partial charge in [-0.25, -0.2) is 0 Å². The molecular weight excluding hydrogens is 2160 g/mol. The SMILES string of the molecule is C.CC(C)[C@@H]1CC[C@@H](C)C[C@H]1C(=O)CCCc1ccccc1Br.CC(C)[C@@H]1CC[C@@H](C)C[C@H]1C(=O)CCCc1ccccc1Br.CC(C)[C@@H]1CC[C@@H](C)C[C@H]1C(=O)CCCc1ccccc1C#N.CC(C)[C@@H]1CC[C@@H](C)C[C@H]1C(=O)CCCc1ccccc1CN.CC(C)[C@@H]1CC[C@@H](C)C[C@H]1C(=O)CCCc1ccccc1NCCN.CC(C)[C@@H]1CC[C@@H](C)C[C@H]1C(=O)Cl.NCCN.NCCc1ccccc1Br.[C-]#N.[Cl][Ni][Cl].[Na+]. The van der Waals surface area contributed by atoms with Gasteiger partial charge in [0.05, 0.1) is 11.6 Å². The molecule has 18 atom stereocenters. The summed E-state index contributed by atoms with van der Waals surface area (Å²) in [5, 5.41) is 18.7. The summed E-state index contributed by atoms with van der Waals surface area (Å²) in [5.74, 6) is 15.4. The Morgan fingerprint density at radius 3 is 0.832 bits per heavy atom. The summed E-state index contributed by atoms with van der Waals surface area (Å²) in [6.07, 6.45) is 35.4. The molecule has 6 aliphatic carbocycles. The molecule has 149 heavy (non-hydrogen) atoms. The van der Waals surface area contributed by atoms with Gasteiger partial charge in [-0.3, -0.25) is 28.8 Å². The summed E-state index contributed by atoms with van der Waals surface area (Å²) in [6.45, 7) is 49.5. The minimum atomic E-state index is -0.120. The Bertz CT molecular complexity index is 4630. The van der Waals surface area contributed by atoms with Gasteiger partial charge in [0.1, 0.15) is 28.9 Å². The van der Waals surface area contributed by atoms with Crippen molar-refractivity contribution in [2.45, 2.75) is 357 Å². The number of aryl methyl sites for hydroxylation is 5. The number of hydrogen-bond donors (Lipinski definition) is 6. The van der Waals surface area contributed by atoms with E-state index in [4.69, 9.17) is 77.8 Å².